The van der Waals surface area contributed by atoms with E-state index < -0.39 is 0 Å². The normalized spacial score (nSPS) is 10.8. The van der Waals surface area contributed by atoms with E-state index in [1.165, 1.54) is 0 Å². The van der Waals surface area contributed by atoms with Crippen LogP contribution in [0.5, 0.6) is 0 Å². The molecular weight excluding hydrogens is 361 g/mol. The standard InChI is InChI=1S/C18H24ClN3O2.ClH/c1-4-22(5-2)10-6-9-20-18(24)15-12-21(3)16-11-13(19)7-8-14(16)17(15)23;/h7-8,11-12H,4-6,9-10H2,1-3H3,(H,20,24);1H. The molecule has 0 aliphatic carbocycles. The van der Waals surface area contributed by atoms with Gasteiger partial charge in [-0.1, -0.05) is 25.4 Å². The molecular formula is C18H25Cl2N3O2. The summed E-state index contributed by atoms with van der Waals surface area (Å²) >= 11 is 5.98. The fourth-order valence-electron chi connectivity index (χ4n) is 2.76. The van der Waals surface area contributed by atoms with E-state index in [-0.39, 0.29) is 29.3 Å². The second-order valence-corrected chi connectivity index (χ2v) is 6.22. The monoisotopic (exact) mass is 385 g/mol. The minimum Gasteiger partial charge on any atom is -0.352 e. The number of amides is 1. The second-order valence-electron chi connectivity index (χ2n) is 5.78. The molecule has 2 aromatic rings. The first-order chi connectivity index (χ1) is 11.5. The van der Waals surface area contributed by atoms with Gasteiger partial charge < -0.3 is 14.8 Å². The average Bonchev–Trinajstić information content (AvgIpc) is 2.58. The van der Waals surface area contributed by atoms with Crippen LogP contribution in [0, 0.1) is 0 Å². The lowest BCUT2D eigenvalue weighted by Crippen LogP contribution is -2.32. The highest BCUT2D eigenvalue weighted by molar-refractivity contribution is 6.31. The van der Waals surface area contributed by atoms with Crippen LogP contribution in [0.15, 0.2) is 29.2 Å². The number of hydrogen-bond donors (Lipinski definition) is 1. The Hall–Kier alpha value is -1.56. The van der Waals surface area contributed by atoms with Gasteiger partial charge in [0.1, 0.15) is 5.56 Å². The Morgan fingerprint density at radius 3 is 2.60 bits per heavy atom. The molecule has 0 unspecified atom stereocenters. The molecule has 0 bridgehead atoms. The highest BCUT2D eigenvalue weighted by Crippen LogP contribution is 2.17. The molecule has 0 fully saturated rings. The Balaban J connectivity index is 0.00000312. The molecule has 1 amide bonds. The van der Waals surface area contributed by atoms with Crippen molar-refractivity contribution in [3.05, 3.63) is 45.2 Å². The number of carbonyl (C=O) groups excluding carboxylic acids is 1. The number of nitrogens with zero attached hydrogens (tertiary/aromatic N) is 2. The molecule has 1 N–H and O–H groups in total. The number of rotatable bonds is 7. The van der Waals surface area contributed by atoms with Crippen LogP contribution >= 0.6 is 24.0 Å². The van der Waals surface area contributed by atoms with Crippen molar-refractivity contribution in [2.45, 2.75) is 20.3 Å². The summed E-state index contributed by atoms with van der Waals surface area (Å²) in [5, 5.41) is 3.90. The number of fused-ring (bicyclic) bond motifs is 1. The van der Waals surface area contributed by atoms with Gasteiger partial charge in [0.05, 0.1) is 5.52 Å². The van der Waals surface area contributed by atoms with Gasteiger partial charge >= 0.3 is 0 Å². The van der Waals surface area contributed by atoms with Crippen LogP contribution in [0.25, 0.3) is 10.9 Å². The number of carbonyl (C=O) groups is 1. The molecule has 0 saturated carbocycles. The van der Waals surface area contributed by atoms with E-state index >= 15 is 0 Å². The number of pyridine rings is 1. The molecule has 0 atom stereocenters. The molecule has 0 aliphatic heterocycles. The fraction of sp³-hybridized carbons (Fsp3) is 0.444. The van der Waals surface area contributed by atoms with Crippen molar-refractivity contribution in [2.24, 2.45) is 7.05 Å². The predicted molar refractivity (Wildman–Crippen MR) is 106 cm³/mol. The summed E-state index contributed by atoms with van der Waals surface area (Å²) in [6.45, 7) is 7.72. The lowest BCUT2D eigenvalue weighted by atomic mass is 10.1. The smallest absolute Gasteiger partial charge is 0.256 e. The Kier molecular flexibility index (Phi) is 8.42. The summed E-state index contributed by atoms with van der Waals surface area (Å²) in [6, 6.07) is 5.05. The average molecular weight is 386 g/mol. The maximum atomic E-state index is 12.5. The maximum absolute atomic E-state index is 12.5. The zero-order valence-electron chi connectivity index (χ0n) is 14.8. The molecule has 7 heteroatoms. The highest BCUT2D eigenvalue weighted by atomic mass is 35.5. The van der Waals surface area contributed by atoms with Crippen molar-refractivity contribution in [1.29, 1.82) is 0 Å². The van der Waals surface area contributed by atoms with Crippen molar-refractivity contribution in [2.75, 3.05) is 26.2 Å². The van der Waals surface area contributed by atoms with Crippen molar-refractivity contribution in [3.8, 4) is 0 Å². The van der Waals surface area contributed by atoms with Gasteiger partial charge in [-0.2, -0.15) is 0 Å². The predicted octanol–water partition coefficient (Wildman–Crippen LogP) is 3.08. The molecule has 2 rings (SSSR count). The molecule has 5 nitrogen and oxygen atoms in total. The van der Waals surface area contributed by atoms with E-state index in [0.29, 0.717) is 22.5 Å². The number of nitrogens with one attached hydrogen (secondary N) is 1. The van der Waals surface area contributed by atoms with Gasteiger partial charge in [0.15, 0.2) is 0 Å². The largest absolute Gasteiger partial charge is 0.352 e. The van der Waals surface area contributed by atoms with Gasteiger partial charge in [0.2, 0.25) is 5.43 Å². The van der Waals surface area contributed by atoms with Gasteiger partial charge in [-0.05, 0) is 44.3 Å². The van der Waals surface area contributed by atoms with Crippen molar-refractivity contribution < 1.29 is 4.79 Å². The first kappa shape index (κ1) is 21.5. The maximum Gasteiger partial charge on any atom is 0.256 e. The van der Waals surface area contributed by atoms with Crippen LogP contribution < -0.4 is 10.7 Å². The number of aromatic nitrogens is 1. The van der Waals surface area contributed by atoms with Crippen LogP contribution in [-0.2, 0) is 7.05 Å². The summed E-state index contributed by atoms with van der Waals surface area (Å²) in [4.78, 5) is 27.2. The van der Waals surface area contributed by atoms with Crippen LogP contribution in [0.2, 0.25) is 5.02 Å². The summed E-state index contributed by atoms with van der Waals surface area (Å²) in [5.74, 6) is -0.327. The Labute approximate surface area is 159 Å². The van der Waals surface area contributed by atoms with E-state index in [2.05, 4.69) is 24.1 Å². The van der Waals surface area contributed by atoms with E-state index in [4.69, 9.17) is 11.6 Å². The summed E-state index contributed by atoms with van der Waals surface area (Å²) < 4.78 is 1.76. The van der Waals surface area contributed by atoms with Crippen molar-refractivity contribution in [1.82, 2.24) is 14.8 Å². The van der Waals surface area contributed by atoms with Gasteiger partial charge in [-0.15, -0.1) is 12.4 Å². The van der Waals surface area contributed by atoms with Gasteiger partial charge in [-0.25, -0.2) is 0 Å². The van der Waals surface area contributed by atoms with E-state index in [1.807, 2.05) is 0 Å². The minimum atomic E-state index is -0.327. The zero-order chi connectivity index (χ0) is 17.7. The SMILES string of the molecule is CCN(CC)CCCNC(=O)c1cn(C)c2cc(Cl)ccc2c1=O.Cl. The number of hydrogen-bond acceptors (Lipinski definition) is 3. The first-order valence-electron chi connectivity index (χ1n) is 8.27. The van der Waals surface area contributed by atoms with Crippen LogP contribution in [0.1, 0.15) is 30.6 Å². The molecule has 0 radical (unpaired) electrons. The Bertz CT molecular complexity index is 786. The van der Waals surface area contributed by atoms with Crippen molar-refractivity contribution in [3.63, 3.8) is 0 Å². The van der Waals surface area contributed by atoms with Crippen LogP contribution in [0.4, 0.5) is 0 Å². The van der Waals surface area contributed by atoms with Crippen LogP contribution in [-0.4, -0.2) is 41.6 Å². The van der Waals surface area contributed by atoms with E-state index in [1.54, 1.807) is 36.0 Å². The number of benzene rings is 1. The quantitative estimate of drug-likeness (QED) is 0.745. The molecule has 0 saturated heterocycles. The minimum absolute atomic E-state index is 0. The van der Waals surface area contributed by atoms with Gasteiger partial charge in [0.25, 0.3) is 5.91 Å². The molecule has 1 aromatic heterocycles. The number of aryl methyl sites for hydroxylation is 1. The van der Waals surface area contributed by atoms with E-state index in [0.717, 1.165) is 26.1 Å². The molecule has 138 valence electrons. The Morgan fingerprint density at radius 1 is 1.28 bits per heavy atom. The Morgan fingerprint density at radius 2 is 1.96 bits per heavy atom. The third-order valence-corrected chi connectivity index (χ3v) is 4.46. The zero-order valence-corrected chi connectivity index (χ0v) is 16.4. The third-order valence-electron chi connectivity index (χ3n) is 4.23. The summed E-state index contributed by atoms with van der Waals surface area (Å²) in [5.41, 5.74) is 0.613. The van der Waals surface area contributed by atoms with Gasteiger partial charge in [0, 0.05) is 30.2 Å². The topological polar surface area (TPSA) is 54.3 Å². The summed E-state index contributed by atoms with van der Waals surface area (Å²) in [6.07, 6.45) is 2.43. The van der Waals surface area contributed by atoms with E-state index in [9.17, 15) is 9.59 Å². The number of halogens is 2. The lowest BCUT2D eigenvalue weighted by Gasteiger charge is -2.17. The fourth-order valence-corrected chi connectivity index (χ4v) is 2.92. The molecule has 1 heterocycles. The van der Waals surface area contributed by atoms with Crippen LogP contribution in [0.3, 0.4) is 0 Å². The van der Waals surface area contributed by atoms with Crippen molar-refractivity contribution >= 4 is 40.8 Å². The molecule has 1 aromatic carbocycles. The second kappa shape index (κ2) is 9.80. The van der Waals surface area contributed by atoms with Gasteiger partial charge in [-0.3, -0.25) is 9.59 Å². The lowest BCUT2D eigenvalue weighted by molar-refractivity contribution is 0.0950. The third kappa shape index (κ3) is 5.21. The molecule has 0 spiro atoms. The molecule has 25 heavy (non-hydrogen) atoms. The summed E-state index contributed by atoms with van der Waals surface area (Å²) in [7, 11) is 1.80. The highest BCUT2D eigenvalue weighted by Gasteiger charge is 2.14. The molecule has 0 aliphatic rings. The first-order valence-corrected chi connectivity index (χ1v) is 8.65.